The first-order chi connectivity index (χ1) is 10.2. The van der Waals surface area contributed by atoms with Crippen molar-refractivity contribution >= 4 is 11.1 Å². The van der Waals surface area contributed by atoms with Crippen LogP contribution in [0.1, 0.15) is 17.2 Å². The molecule has 0 bridgehead atoms. The number of para-hydroxylation sites is 1. The lowest BCUT2D eigenvalue weighted by Crippen LogP contribution is -2.13. The Labute approximate surface area is 121 Å². The van der Waals surface area contributed by atoms with Crippen molar-refractivity contribution in [2.75, 3.05) is 7.11 Å². The molecule has 1 atom stereocenters. The molecule has 0 radical (unpaired) electrons. The minimum Gasteiger partial charge on any atom is -0.496 e. The number of fused-ring (bicyclic) bond motifs is 1. The lowest BCUT2D eigenvalue weighted by molar-refractivity contribution is 0.408. The van der Waals surface area contributed by atoms with E-state index < -0.39 is 5.76 Å². The number of aromatic nitrogens is 1. The van der Waals surface area contributed by atoms with Crippen LogP contribution in [0.4, 0.5) is 0 Å². The maximum absolute atomic E-state index is 11.2. The van der Waals surface area contributed by atoms with Gasteiger partial charge in [0.25, 0.3) is 0 Å². The molecule has 0 amide bonds. The monoisotopic (exact) mass is 284 g/mol. The van der Waals surface area contributed by atoms with Gasteiger partial charge >= 0.3 is 5.76 Å². The van der Waals surface area contributed by atoms with Crippen molar-refractivity contribution in [3.63, 3.8) is 0 Å². The third-order valence-corrected chi connectivity index (χ3v) is 3.51. The van der Waals surface area contributed by atoms with Crippen molar-refractivity contribution in [1.82, 2.24) is 4.98 Å². The summed E-state index contributed by atoms with van der Waals surface area (Å²) in [5, 5.41) is 0. The fourth-order valence-electron chi connectivity index (χ4n) is 2.42. The molecule has 0 spiro atoms. The molecule has 0 aliphatic carbocycles. The molecule has 1 heterocycles. The zero-order valence-electron chi connectivity index (χ0n) is 11.6. The summed E-state index contributed by atoms with van der Waals surface area (Å²) in [5.74, 6) is 0.364. The van der Waals surface area contributed by atoms with Crippen molar-refractivity contribution in [2.45, 2.75) is 12.5 Å². The van der Waals surface area contributed by atoms with E-state index in [1.807, 2.05) is 30.3 Å². The second kappa shape index (κ2) is 5.46. The molecule has 0 fully saturated rings. The van der Waals surface area contributed by atoms with Crippen LogP contribution in [0.15, 0.2) is 51.7 Å². The van der Waals surface area contributed by atoms with Gasteiger partial charge in [0.1, 0.15) is 5.75 Å². The average Bonchev–Trinajstić information content (AvgIpc) is 2.86. The third kappa shape index (κ3) is 2.68. The van der Waals surface area contributed by atoms with Crippen molar-refractivity contribution in [2.24, 2.45) is 5.73 Å². The first kappa shape index (κ1) is 13.5. The number of aromatic amines is 1. The molecule has 5 nitrogen and oxygen atoms in total. The van der Waals surface area contributed by atoms with Gasteiger partial charge in [-0.3, -0.25) is 4.98 Å². The normalized spacial score (nSPS) is 12.5. The maximum Gasteiger partial charge on any atom is 0.417 e. The molecule has 1 unspecified atom stereocenters. The Morgan fingerprint density at radius 3 is 2.90 bits per heavy atom. The molecule has 2 aromatic carbocycles. The second-order valence-electron chi connectivity index (χ2n) is 4.89. The van der Waals surface area contributed by atoms with Gasteiger partial charge in [-0.05, 0) is 35.7 Å². The number of nitrogens with one attached hydrogen (secondary N) is 1. The summed E-state index contributed by atoms with van der Waals surface area (Å²) < 4.78 is 10.4. The number of H-pyrrole nitrogens is 1. The third-order valence-electron chi connectivity index (χ3n) is 3.51. The molecule has 1 aromatic heterocycles. The van der Waals surface area contributed by atoms with Gasteiger partial charge in [0.2, 0.25) is 0 Å². The Hall–Kier alpha value is -2.53. The van der Waals surface area contributed by atoms with Gasteiger partial charge in [0, 0.05) is 6.04 Å². The van der Waals surface area contributed by atoms with Crippen molar-refractivity contribution in [1.29, 1.82) is 0 Å². The Balaban J connectivity index is 1.89. The van der Waals surface area contributed by atoms with Crippen LogP contribution in [-0.4, -0.2) is 12.1 Å². The lowest BCUT2D eigenvalue weighted by Gasteiger charge is -2.14. The van der Waals surface area contributed by atoms with E-state index in [0.29, 0.717) is 17.5 Å². The van der Waals surface area contributed by atoms with Crippen molar-refractivity contribution < 1.29 is 9.15 Å². The lowest BCUT2D eigenvalue weighted by atomic mass is 9.99. The number of ether oxygens (including phenoxy) is 1. The molecule has 108 valence electrons. The SMILES string of the molecule is COc1ccccc1CC(N)c1ccc2[nH]c(=O)oc2c1. The van der Waals surface area contributed by atoms with E-state index in [-0.39, 0.29) is 6.04 Å². The first-order valence-corrected chi connectivity index (χ1v) is 6.67. The summed E-state index contributed by atoms with van der Waals surface area (Å²) in [6, 6.07) is 13.1. The predicted octanol–water partition coefficient (Wildman–Crippen LogP) is 2.37. The summed E-state index contributed by atoms with van der Waals surface area (Å²) in [6.45, 7) is 0. The summed E-state index contributed by atoms with van der Waals surface area (Å²) >= 11 is 0. The second-order valence-corrected chi connectivity index (χ2v) is 4.89. The fraction of sp³-hybridized carbons (Fsp3) is 0.188. The maximum atomic E-state index is 11.2. The van der Waals surface area contributed by atoms with Crippen LogP contribution >= 0.6 is 0 Å². The zero-order chi connectivity index (χ0) is 14.8. The summed E-state index contributed by atoms with van der Waals surface area (Å²) in [7, 11) is 1.64. The van der Waals surface area contributed by atoms with E-state index in [2.05, 4.69) is 4.98 Å². The molecule has 0 aliphatic heterocycles. The van der Waals surface area contributed by atoms with Gasteiger partial charge in [-0.15, -0.1) is 0 Å². The number of methoxy groups -OCH3 is 1. The zero-order valence-corrected chi connectivity index (χ0v) is 11.6. The largest absolute Gasteiger partial charge is 0.496 e. The Kier molecular flexibility index (Phi) is 3.50. The van der Waals surface area contributed by atoms with Crippen LogP contribution in [-0.2, 0) is 6.42 Å². The average molecular weight is 284 g/mol. The fourth-order valence-corrected chi connectivity index (χ4v) is 2.42. The molecule has 0 saturated carbocycles. The van der Waals surface area contributed by atoms with Gasteiger partial charge in [0.05, 0.1) is 12.6 Å². The molecule has 3 N–H and O–H groups in total. The highest BCUT2D eigenvalue weighted by Gasteiger charge is 2.12. The summed E-state index contributed by atoms with van der Waals surface area (Å²) in [6.07, 6.45) is 0.643. The molecular formula is C16H16N2O3. The molecule has 21 heavy (non-hydrogen) atoms. The summed E-state index contributed by atoms with van der Waals surface area (Å²) in [5.41, 5.74) is 9.42. The smallest absolute Gasteiger partial charge is 0.417 e. The number of benzene rings is 2. The van der Waals surface area contributed by atoms with Crippen molar-refractivity contribution in [3.05, 3.63) is 64.1 Å². The highest BCUT2D eigenvalue weighted by molar-refractivity contribution is 5.72. The molecular weight excluding hydrogens is 268 g/mol. The van der Waals surface area contributed by atoms with E-state index in [0.717, 1.165) is 16.9 Å². The minimum absolute atomic E-state index is 0.203. The number of hydrogen-bond donors (Lipinski definition) is 2. The molecule has 0 saturated heterocycles. The summed E-state index contributed by atoms with van der Waals surface area (Å²) in [4.78, 5) is 13.8. The van der Waals surface area contributed by atoms with Crippen LogP contribution < -0.4 is 16.2 Å². The van der Waals surface area contributed by atoms with Gasteiger partial charge in [-0.2, -0.15) is 0 Å². The standard InChI is InChI=1S/C16H16N2O3/c1-20-14-5-3-2-4-11(14)8-12(17)10-6-7-13-15(9-10)21-16(19)18-13/h2-7,9,12H,8,17H2,1H3,(H,18,19). The number of oxazole rings is 1. The Morgan fingerprint density at radius 2 is 2.10 bits per heavy atom. The Morgan fingerprint density at radius 1 is 1.29 bits per heavy atom. The quantitative estimate of drug-likeness (QED) is 0.770. The van der Waals surface area contributed by atoms with E-state index in [1.165, 1.54) is 0 Å². The van der Waals surface area contributed by atoms with E-state index in [1.54, 1.807) is 19.2 Å². The number of rotatable bonds is 4. The highest BCUT2D eigenvalue weighted by Crippen LogP contribution is 2.25. The van der Waals surface area contributed by atoms with E-state index in [4.69, 9.17) is 14.9 Å². The van der Waals surface area contributed by atoms with Crippen LogP contribution in [0, 0.1) is 0 Å². The van der Waals surface area contributed by atoms with E-state index >= 15 is 0 Å². The van der Waals surface area contributed by atoms with Crippen LogP contribution in [0.3, 0.4) is 0 Å². The van der Waals surface area contributed by atoms with Crippen molar-refractivity contribution in [3.8, 4) is 5.75 Å². The van der Waals surface area contributed by atoms with Gasteiger partial charge in [0.15, 0.2) is 5.58 Å². The van der Waals surface area contributed by atoms with Crippen LogP contribution in [0.5, 0.6) is 5.75 Å². The minimum atomic E-state index is -0.458. The van der Waals surface area contributed by atoms with Crippen LogP contribution in [0.2, 0.25) is 0 Å². The predicted molar refractivity (Wildman–Crippen MR) is 80.5 cm³/mol. The van der Waals surface area contributed by atoms with E-state index in [9.17, 15) is 4.79 Å². The van der Waals surface area contributed by atoms with Gasteiger partial charge < -0.3 is 14.9 Å². The molecule has 3 rings (SSSR count). The van der Waals surface area contributed by atoms with Gasteiger partial charge in [-0.25, -0.2) is 4.79 Å². The molecule has 0 aliphatic rings. The molecule has 3 aromatic rings. The van der Waals surface area contributed by atoms with Gasteiger partial charge in [-0.1, -0.05) is 24.3 Å². The van der Waals surface area contributed by atoms with Crippen LogP contribution in [0.25, 0.3) is 11.1 Å². The number of hydrogen-bond acceptors (Lipinski definition) is 4. The highest BCUT2D eigenvalue weighted by atomic mass is 16.5. The molecule has 5 heteroatoms. The Bertz CT molecular complexity index is 820. The number of nitrogens with two attached hydrogens (primary N) is 1. The topological polar surface area (TPSA) is 81.2 Å². The first-order valence-electron chi connectivity index (χ1n) is 6.67.